The number of nitrogens with zero attached hydrogens (tertiary/aromatic N) is 3. The average molecular weight is 505 g/mol. The van der Waals surface area contributed by atoms with Crippen LogP contribution in [-0.4, -0.2) is 42.0 Å². The first-order chi connectivity index (χ1) is 12.6. The summed E-state index contributed by atoms with van der Waals surface area (Å²) in [5.74, 6) is 1.80. The van der Waals surface area contributed by atoms with Gasteiger partial charge in [-0.05, 0) is 46.0 Å². The fourth-order valence-electron chi connectivity index (χ4n) is 2.96. The second-order valence-corrected chi connectivity index (χ2v) is 7.36. The Balaban J connectivity index is 0.00000364. The molecule has 0 spiro atoms. The molecule has 8 heteroatoms. The zero-order chi connectivity index (χ0) is 18.9. The number of guanidine groups is 1. The van der Waals surface area contributed by atoms with Gasteiger partial charge in [0, 0.05) is 18.0 Å². The number of likely N-dealkylation sites (N-methyl/N-ethyl adjacent to an activating group) is 1. The molecular formula is C19H32IN5OS. The SMILES string of the molecule is CCNC(=NCc1sc(C)nc1C)NCC(c1ccco1)N(CC)CC.I. The Morgan fingerprint density at radius 3 is 2.52 bits per heavy atom. The molecule has 1 unspecified atom stereocenters. The minimum atomic E-state index is 0. The highest BCUT2D eigenvalue weighted by molar-refractivity contribution is 14.0. The summed E-state index contributed by atoms with van der Waals surface area (Å²) >= 11 is 1.71. The van der Waals surface area contributed by atoms with Crippen molar-refractivity contribution in [2.75, 3.05) is 26.2 Å². The summed E-state index contributed by atoms with van der Waals surface area (Å²) in [6, 6.07) is 4.16. The lowest BCUT2D eigenvalue weighted by atomic mass is 10.2. The molecule has 2 heterocycles. The number of hydrogen-bond donors (Lipinski definition) is 2. The van der Waals surface area contributed by atoms with Gasteiger partial charge in [-0.15, -0.1) is 35.3 Å². The molecule has 2 aromatic rings. The summed E-state index contributed by atoms with van der Waals surface area (Å²) in [5.41, 5.74) is 1.07. The van der Waals surface area contributed by atoms with E-state index < -0.39 is 0 Å². The van der Waals surface area contributed by atoms with E-state index in [-0.39, 0.29) is 30.0 Å². The molecule has 1 atom stereocenters. The van der Waals surface area contributed by atoms with Gasteiger partial charge in [0.15, 0.2) is 5.96 Å². The number of thiazole rings is 1. The molecule has 2 aromatic heterocycles. The van der Waals surface area contributed by atoms with Crippen LogP contribution in [0.15, 0.2) is 27.8 Å². The van der Waals surface area contributed by atoms with E-state index in [1.807, 2.05) is 26.0 Å². The van der Waals surface area contributed by atoms with E-state index in [2.05, 4.69) is 41.3 Å². The van der Waals surface area contributed by atoms with Crippen molar-refractivity contribution >= 4 is 41.3 Å². The highest BCUT2D eigenvalue weighted by Gasteiger charge is 2.20. The monoisotopic (exact) mass is 505 g/mol. The number of aliphatic imine (C=N–C) groups is 1. The van der Waals surface area contributed by atoms with Crippen LogP contribution in [0, 0.1) is 13.8 Å². The zero-order valence-corrected chi connectivity index (χ0v) is 20.1. The molecule has 0 amide bonds. The fourth-order valence-corrected chi connectivity index (χ4v) is 3.82. The van der Waals surface area contributed by atoms with Gasteiger partial charge in [0.2, 0.25) is 0 Å². The predicted molar refractivity (Wildman–Crippen MR) is 124 cm³/mol. The van der Waals surface area contributed by atoms with Gasteiger partial charge < -0.3 is 15.1 Å². The van der Waals surface area contributed by atoms with E-state index in [1.165, 1.54) is 4.88 Å². The topological polar surface area (TPSA) is 65.7 Å². The average Bonchev–Trinajstić information content (AvgIpc) is 3.25. The van der Waals surface area contributed by atoms with Crippen LogP contribution in [0.4, 0.5) is 0 Å². The van der Waals surface area contributed by atoms with E-state index in [4.69, 9.17) is 9.41 Å². The smallest absolute Gasteiger partial charge is 0.191 e. The minimum absolute atomic E-state index is 0. The van der Waals surface area contributed by atoms with Gasteiger partial charge in [0.25, 0.3) is 0 Å². The van der Waals surface area contributed by atoms with E-state index in [1.54, 1.807) is 17.6 Å². The molecule has 0 bridgehead atoms. The Kier molecular flexibility index (Phi) is 10.9. The van der Waals surface area contributed by atoms with Crippen LogP contribution in [0.5, 0.6) is 0 Å². The Morgan fingerprint density at radius 1 is 1.26 bits per heavy atom. The van der Waals surface area contributed by atoms with Crippen LogP contribution < -0.4 is 10.6 Å². The first-order valence-electron chi connectivity index (χ1n) is 9.31. The molecule has 152 valence electrons. The standard InChI is InChI=1S/C19H31N5OS.HI/c1-6-20-19(22-13-18-14(4)23-15(5)26-18)21-12-16(24(7-2)8-3)17-10-9-11-25-17;/h9-11,16H,6-8,12-13H2,1-5H3,(H2,20,21,22);1H. The third-order valence-corrected chi connectivity index (χ3v) is 5.37. The number of halogens is 1. The number of rotatable bonds is 9. The van der Waals surface area contributed by atoms with Gasteiger partial charge in [-0.25, -0.2) is 9.98 Å². The van der Waals surface area contributed by atoms with Crippen molar-refractivity contribution in [3.8, 4) is 0 Å². The maximum atomic E-state index is 5.67. The largest absolute Gasteiger partial charge is 0.468 e. The van der Waals surface area contributed by atoms with Crippen molar-refractivity contribution < 1.29 is 4.42 Å². The number of hydrogen-bond acceptors (Lipinski definition) is 5. The van der Waals surface area contributed by atoms with Crippen LogP contribution in [0.2, 0.25) is 0 Å². The third kappa shape index (κ3) is 7.08. The zero-order valence-electron chi connectivity index (χ0n) is 16.9. The lowest BCUT2D eigenvalue weighted by molar-refractivity contribution is 0.193. The Hall–Kier alpha value is -1.13. The fraction of sp³-hybridized carbons (Fsp3) is 0.579. The molecule has 0 aliphatic carbocycles. The summed E-state index contributed by atoms with van der Waals surface area (Å²) in [6.45, 7) is 14.6. The third-order valence-electron chi connectivity index (χ3n) is 4.31. The number of aromatic nitrogens is 1. The van der Waals surface area contributed by atoms with Gasteiger partial charge >= 0.3 is 0 Å². The Bertz CT molecular complexity index is 682. The second-order valence-electron chi connectivity index (χ2n) is 6.07. The first-order valence-corrected chi connectivity index (χ1v) is 10.1. The summed E-state index contributed by atoms with van der Waals surface area (Å²) in [4.78, 5) is 12.8. The summed E-state index contributed by atoms with van der Waals surface area (Å²) in [5, 5.41) is 7.89. The molecule has 0 fully saturated rings. The molecule has 0 aliphatic heterocycles. The van der Waals surface area contributed by atoms with E-state index >= 15 is 0 Å². The quantitative estimate of drug-likeness (QED) is 0.305. The van der Waals surface area contributed by atoms with Crippen molar-refractivity contribution in [1.82, 2.24) is 20.5 Å². The molecule has 0 aromatic carbocycles. The van der Waals surface area contributed by atoms with Crippen LogP contribution in [-0.2, 0) is 6.54 Å². The summed E-state index contributed by atoms with van der Waals surface area (Å²) < 4.78 is 5.67. The molecule has 0 saturated heterocycles. The van der Waals surface area contributed by atoms with E-state index in [0.717, 1.165) is 48.6 Å². The normalized spacial score (nSPS) is 12.7. The lowest BCUT2D eigenvalue weighted by Gasteiger charge is -2.28. The maximum absolute atomic E-state index is 5.67. The molecule has 2 N–H and O–H groups in total. The molecule has 0 aliphatic rings. The van der Waals surface area contributed by atoms with Crippen LogP contribution >= 0.6 is 35.3 Å². The Morgan fingerprint density at radius 2 is 2.00 bits per heavy atom. The van der Waals surface area contributed by atoms with Gasteiger partial charge in [-0.1, -0.05) is 13.8 Å². The van der Waals surface area contributed by atoms with Crippen molar-refractivity contribution in [2.45, 2.75) is 47.2 Å². The van der Waals surface area contributed by atoms with Gasteiger partial charge in [0.05, 0.1) is 29.6 Å². The highest BCUT2D eigenvalue weighted by atomic mass is 127. The maximum Gasteiger partial charge on any atom is 0.191 e. The molecule has 0 saturated carbocycles. The number of furan rings is 1. The van der Waals surface area contributed by atoms with Crippen LogP contribution in [0.25, 0.3) is 0 Å². The second kappa shape index (κ2) is 12.4. The van der Waals surface area contributed by atoms with Crippen LogP contribution in [0.3, 0.4) is 0 Å². The van der Waals surface area contributed by atoms with Gasteiger partial charge in [0.1, 0.15) is 5.76 Å². The Labute approximate surface area is 183 Å². The molecule has 2 rings (SSSR count). The van der Waals surface area contributed by atoms with Crippen molar-refractivity contribution in [1.29, 1.82) is 0 Å². The van der Waals surface area contributed by atoms with Gasteiger partial charge in [-0.3, -0.25) is 4.90 Å². The highest BCUT2D eigenvalue weighted by Crippen LogP contribution is 2.20. The van der Waals surface area contributed by atoms with Crippen molar-refractivity contribution in [3.63, 3.8) is 0 Å². The molecular weight excluding hydrogens is 473 g/mol. The number of nitrogens with one attached hydrogen (secondary N) is 2. The van der Waals surface area contributed by atoms with E-state index in [0.29, 0.717) is 6.54 Å². The van der Waals surface area contributed by atoms with Crippen molar-refractivity contribution in [3.05, 3.63) is 39.7 Å². The molecule has 6 nitrogen and oxygen atoms in total. The minimum Gasteiger partial charge on any atom is -0.468 e. The molecule has 27 heavy (non-hydrogen) atoms. The number of aryl methyl sites for hydroxylation is 2. The lowest BCUT2D eigenvalue weighted by Crippen LogP contribution is -2.43. The van der Waals surface area contributed by atoms with E-state index in [9.17, 15) is 0 Å². The van der Waals surface area contributed by atoms with Gasteiger partial charge in [-0.2, -0.15) is 0 Å². The van der Waals surface area contributed by atoms with Crippen molar-refractivity contribution in [2.24, 2.45) is 4.99 Å². The first kappa shape index (κ1) is 23.9. The summed E-state index contributed by atoms with van der Waals surface area (Å²) in [7, 11) is 0. The summed E-state index contributed by atoms with van der Waals surface area (Å²) in [6.07, 6.45) is 1.74. The van der Waals surface area contributed by atoms with Crippen LogP contribution in [0.1, 0.15) is 48.2 Å². The molecule has 0 radical (unpaired) electrons. The predicted octanol–water partition coefficient (Wildman–Crippen LogP) is 4.11.